The number of rotatable bonds is 13. The first kappa shape index (κ1) is 19.7. The summed E-state index contributed by atoms with van der Waals surface area (Å²) in [6.45, 7) is 15.6. The molecule has 0 bridgehead atoms. The Hall–Kier alpha value is -0.260. The van der Waals surface area contributed by atoms with E-state index in [1.54, 1.807) is 0 Å². The molecule has 0 aromatic rings. The highest BCUT2D eigenvalue weighted by Gasteiger charge is 2.09. The zero-order valence-corrected chi connectivity index (χ0v) is 15.0. The Labute approximate surface area is 129 Å². The Balaban J connectivity index is 3.65. The quantitative estimate of drug-likeness (QED) is 0.312. The lowest BCUT2D eigenvalue weighted by atomic mass is 9.88. The van der Waals surface area contributed by atoms with Gasteiger partial charge in [-0.25, -0.2) is 0 Å². The maximum atomic E-state index is 3.89. The molecule has 0 saturated heterocycles. The fraction of sp³-hybridized carbons (Fsp3) is 0.900. The van der Waals surface area contributed by atoms with Crippen molar-refractivity contribution in [3.05, 3.63) is 12.7 Å². The first-order valence-electron chi connectivity index (χ1n) is 9.12. The molecule has 0 saturated carbocycles. The largest absolute Gasteiger partial charge is 0.103 e. The van der Waals surface area contributed by atoms with Crippen molar-refractivity contribution in [2.24, 2.45) is 23.7 Å². The molecular weight excluding hydrogens is 240 g/mol. The van der Waals surface area contributed by atoms with Crippen molar-refractivity contribution in [1.82, 2.24) is 0 Å². The summed E-state index contributed by atoms with van der Waals surface area (Å²) in [6.07, 6.45) is 14.7. The third kappa shape index (κ3) is 11.6. The molecule has 0 radical (unpaired) electrons. The average Bonchev–Trinajstić information content (AvgIpc) is 2.41. The minimum atomic E-state index is 0.694. The summed E-state index contributed by atoms with van der Waals surface area (Å²) in [4.78, 5) is 0. The van der Waals surface area contributed by atoms with Crippen LogP contribution in [0.15, 0.2) is 12.7 Å². The van der Waals surface area contributed by atoms with Gasteiger partial charge in [-0.2, -0.15) is 0 Å². The highest BCUT2D eigenvalue weighted by Crippen LogP contribution is 2.24. The Morgan fingerprint density at radius 2 is 1.40 bits per heavy atom. The molecule has 0 aromatic heterocycles. The monoisotopic (exact) mass is 280 g/mol. The lowest BCUT2D eigenvalue weighted by molar-refractivity contribution is 0.359. The number of allylic oxidation sites excluding steroid dienone is 1. The van der Waals surface area contributed by atoms with Gasteiger partial charge in [-0.15, -0.1) is 6.58 Å². The molecule has 0 N–H and O–H groups in total. The van der Waals surface area contributed by atoms with E-state index in [0.717, 1.165) is 17.8 Å². The molecular formula is C20H40. The van der Waals surface area contributed by atoms with Crippen LogP contribution < -0.4 is 0 Å². The predicted molar refractivity (Wildman–Crippen MR) is 94.1 cm³/mol. The maximum absolute atomic E-state index is 3.89. The second-order valence-electron chi connectivity index (χ2n) is 7.43. The molecule has 0 aliphatic heterocycles. The molecule has 0 amide bonds. The first-order valence-corrected chi connectivity index (χ1v) is 9.12. The average molecular weight is 281 g/mol. The molecule has 0 spiro atoms. The van der Waals surface area contributed by atoms with Crippen molar-refractivity contribution in [1.29, 1.82) is 0 Å². The molecule has 3 unspecified atom stereocenters. The minimum absolute atomic E-state index is 0.694. The molecule has 0 heterocycles. The molecule has 0 fully saturated rings. The Morgan fingerprint density at radius 1 is 0.800 bits per heavy atom. The van der Waals surface area contributed by atoms with Crippen LogP contribution in [0.3, 0.4) is 0 Å². The Morgan fingerprint density at radius 3 is 1.90 bits per heavy atom. The van der Waals surface area contributed by atoms with Crippen LogP contribution in [0.4, 0.5) is 0 Å². The Bertz CT molecular complexity index is 216. The molecule has 120 valence electrons. The predicted octanol–water partition coefficient (Wildman–Crippen LogP) is 7.25. The topological polar surface area (TPSA) is 0 Å². The molecule has 0 rings (SSSR count). The van der Waals surface area contributed by atoms with Gasteiger partial charge in [0.25, 0.3) is 0 Å². The number of hydrogen-bond acceptors (Lipinski definition) is 0. The van der Waals surface area contributed by atoms with E-state index in [1.165, 1.54) is 57.8 Å². The smallest absolute Gasteiger partial charge is 0.0265 e. The molecule has 20 heavy (non-hydrogen) atoms. The summed E-state index contributed by atoms with van der Waals surface area (Å²) in [5.41, 5.74) is 0. The van der Waals surface area contributed by atoms with Gasteiger partial charge >= 0.3 is 0 Å². The summed E-state index contributed by atoms with van der Waals surface area (Å²) >= 11 is 0. The van der Waals surface area contributed by atoms with Crippen molar-refractivity contribution in [3.63, 3.8) is 0 Å². The fourth-order valence-corrected chi connectivity index (χ4v) is 2.94. The van der Waals surface area contributed by atoms with Gasteiger partial charge in [-0.05, 0) is 36.5 Å². The van der Waals surface area contributed by atoms with Gasteiger partial charge in [0.1, 0.15) is 0 Å². The van der Waals surface area contributed by atoms with Crippen molar-refractivity contribution < 1.29 is 0 Å². The fourth-order valence-electron chi connectivity index (χ4n) is 2.94. The lowest BCUT2D eigenvalue weighted by Crippen LogP contribution is -2.03. The van der Waals surface area contributed by atoms with Crippen molar-refractivity contribution in [2.45, 2.75) is 92.4 Å². The second kappa shape index (κ2) is 12.5. The van der Waals surface area contributed by atoms with Crippen LogP contribution in [0, 0.1) is 23.7 Å². The van der Waals surface area contributed by atoms with Gasteiger partial charge in [-0.3, -0.25) is 0 Å². The summed E-state index contributed by atoms with van der Waals surface area (Å²) in [5.74, 6) is 3.44. The highest BCUT2D eigenvalue weighted by atomic mass is 14.2. The molecule has 3 atom stereocenters. The van der Waals surface area contributed by atoms with Crippen LogP contribution in [-0.2, 0) is 0 Å². The molecule has 0 aromatic carbocycles. The van der Waals surface area contributed by atoms with Crippen LogP contribution >= 0.6 is 0 Å². The van der Waals surface area contributed by atoms with E-state index in [1.807, 2.05) is 0 Å². The van der Waals surface area contributed by atoms with Gasteiger partial charge in [-0.1, -0.05) is 85.6 Å². The van der Waals surface area contributed by atoms with Crippen LogP contribution in [0.2, 0.25) is 0 Å². The van der Waals surface area contributed by atoms with Gasteiger partial charge in [0.05, 0.1) is 0 Å². The summed E-state index contributed by atoms with van der Waals surface area (Å²) < 4.78 is 0. The first-order chi connectivity index (χ1) is 9.49. The zero-order chi connectivity index (χ0) is 15.4. The van der Waals surface area contributed by atoms with Crippen LogP contribution in [0.1, 0.15) is 92.4 Å². The van der Waals surface area contributed by atoms with E-state index in [9.17, 15) is 0 Å². The van der Waals surface area contributed by atoms with E-state index >= 15 is 0 Å². The number of hydrogen-bond donors (Lipinski definition) is 0. The van der Waals surface area contributed by atoms with Gasteiger partial charge in [0, 0.05) is 0 Å². The SMILES string of the molecule is C=CC(C)CCC(CC)CCCC(C)CCCC(C)C. The normalized spacial score (nSPS) is 16.1. The summed E-state index contributed by atoms with van der Waals surface area (Å²) in [6, 6.07) is 0. The molecule has 0 heteroatoms. The van der Waals surface area contributed by atoms with E-state index in [-0.39, 0.29) is 0 Å². The van der Waals surface area contributed by atoms with Crippen LogP contribution in [-0.4, -0.2) is 0 Å². The van der Waals surface area contributed by atoms with Crippen molar-refractivity contribution in [2.75, 3.05) is 0 Å². The highest BCUT2D eigenvalue weighted by molar-refractivity contribution is 4.75. The van der Waals surface area contributed by atoms with E-state index in [4.69, 9.17) is 0 Å². The van der Waals surface area contributed by atoms with Crippen LogP contribution in [0.5, 0.6) is 0 Å². The molecule has 0 aliphatic carbocycles. The standard InChI is InChI=1S/C20H40/c1-7-18(5)15-16-20(8-2)14-10-13-19(6)12-9-11-17(3)4/h7,17-20H,1,8-16H2,2-6H3. The van der Waals surface area contributed by atoms with Crippen molar-refractivity contribution >= 4 is 0 Å². The van der Waals surface area contributed by atoms with Crippen molar-refractivity contribution in [3.8, 4) is 0 Å². The van der Waals surface area contributed by atoms with Crippen LogP contribution in [0.25, 0.3) is 0 Å². The van der Waals surface area contributed by atoms with Gasteiger partial charge in [0.15, 0.2) is 0 Å². The lowest BCUT2D eigenvalue weighted by Gasteiger charge is -2.18. The summed E-state index contributed by atoms with van der Waals surface area (Å²) in [7, 11) is 0. The van der Waals surface area contributed by atoms with E-state index < -0.39 is 0 Å². The van der Waals surface area contributed by atoms with E-state index in [2.05, 4.69) is 47.3 Å². The van der Waals surface area contributed by atoms with Gasteiger partial charge < -0.3 is 0 Å². The minimum Gasteiger partial charge on any atom is -0.103 e. The maximum Gasteiger partial charge on any atom is -0.0265 e. The molecule has 0 aliphatic rings. The third-order valence-corrected chi connectivity index (χ3v) is 4.80. The molecule has 0 nitrogen and oxygen atoms in total. The third-order valence-electron chi connectivity index (χ3n) is 4.80. The summed E-state index contributed by atoms with van der Waals surface area (Å²) in [5, 5.41) is 0. The van der Waals surface area contributed by atoms with Gasteiger partial charge in [0.2, 0.25) is 0 Å². The van der Waals surface area contributed by atoms with E-state index in [0.29, 0.717) is 5.92 Å². The second-order valence-corrected chi connectivity index (χ2v) is 7.43. The zero-order valence-electron chi connectivity index (χ0n) is 15.0. The Kier molecular flexibility index (Phi) is 12.3.